The molecule has 0 aliphatic carbocycles. The summed E-state index contributed by atoms with van der Waals surface area (Å²) in [5.74, 6) is -0.889. The number of carbonyl (C=O) groups is 1. The third kappa shape index (κ3) is 6.43. The summed E-state index contributed by atoms with van der Waals surface area (Å²) >= 11 is 3.31. The number of nitrogens with zero attached hydrogens (tertiary/aromatic N) is 1. The molecule has 0 aliphatic heterocycles. The zero-order valence-electron chi connectivity index (χ0n) is 17.4. The lowest BCUT2D eigenvalue weighted by molar-refractivity contribution is -0.137. The maximum absolute atomic E-state index is 13.3. The number of rotatable bonds is 7. The highest BCUT2D eigenvalue weighted by molar-refractivity contribution is 9.10. The average molecular weight is 541 g/mol. The molecule has 0 unspecified atom stereocenters. The van der Waals surface area contributed by atoms with Crippen molar-refractivity contribution in [3.05, 3.63) is 94.0 Å². The van der Waals surface area contributed by atoms with E-state index in [1.54, 1.807) is 36.4 Å². The molecule has 0 heterocycles. The number of carbonyl (C=O) groups excluding carboxylic acids is 1. The third-order valence-electron chi connectivity index (χ3n) is 4.76. The first-order chi connectivity index (χ1) is 15.5. The van der Waals surface area contributed by atoms with Gasteiger partial charge < -0.3 is 5.32 Å². The van der Waals surface area contributed by atoms with Gasteiger partial charge in [0.25, 0.3) is 0 Å². The van der Waals surface area contributed by atoms with Gasteiger partial charge in [-0.25, -0.2) is 8.42 Å². The summed E-state index contributed by atoms with van der Waals surface area (Å²) < 4.78 is 68.1. The van der Waals surface area contributed by atoms with Gasteiger partial charge in [-0.15, -0.1) is 0 Å². The number of amides is 1. The molecule has 0 aliphatic rings. The Labute approximate surface area is 198 Å². The molecule has 3 aromatic rings. The van der Waals surface area contributed by atoms with E-state index in [2.05, 4.69) is 21.2 Å². The van der Waals surface area contributed by atoms with E-state index in [1.165, 1.54) is 24.3 Å². The van der Waals surface area contributed by atoms with Gasteiger partial charge in [-0.2, -0.15) is 17.5 Å². The summed E-state index contributed by atoms with van der Waals surface area (Å²) in [5.41, 5.74) is 0.0119. The van der Waals surface area contributed by atoms with Crippen molar-refractivity contribution >= 4 is 37.5 Å². The van der Waals surface area contributed by atoms with Gasteiger partial charge in [0.2, 0.25) is 15.9 Å². The maximum atomic E-state index is 13.3. The van der Waals surface area contributed by atoms with Gasteiger partial charge in [-0.3, -0.25) is 4.79 Å². The van der Waals surface area contributed by atoms with E-state index >= 15 is 0 Å². The molecule has 3 aromatic carbocycles. The summed E-state index contributed by atoms with van der Waals surface area (Å²) in [6.45, 7) is 0.998. The Morgan fingerprint density at radius 2 is 1.58 bits per heavy atom. The molecule has 0 bridgehead atoms. The Hall–Kier alpha value is -2.69. The third-order valence-corrected chi connectivity index (χ3v) is 7.09. The zero-order chi connectivity index (χ0) is 24.2. The minimum atomic E-state index is -4.67. The second-order valence-electron chi connectivity index (χ2n) is 7.30. The first-order valence-electron chi connectivity index (χ1n) is 9.74. The van der Waals surface area contributed by atoms with Crippen LogP contribution in [0, 0.1) is 6.92 Å². The highest BCUT2D eigenvalue weighted by Crippen LogP contribution is 2.34. The van der Waals surface area contributed by atoms with Crippen LogP contribution >= 0.6 is 15.9 Å². The van der Waals surface area contributed by atoms with Gasteiger partial charge in [0, 0.05) is 11.0 Å². The molecule has 0 aromatic heterocycles. The predicted molar refractivity (Wildman–Crippen MR) is 123 cm³/mol. The topological polar surface area (TPSA) is 66.5 Å². The lowest BCUT2D eigenvalue weighted by Gasteiger charge is -2.23. The summed E-state index contributed by atoms with van der Waals surface area (Å²) in [6.07, 6.45) is -4.67. The molecule has 33 heavy (non-hydrogen) atoms. The fourth-order valence-corrected chi connectivity index (χ4v) is 4.72. The molecule has 5 nitrogen and oxygen atoms in total. The fourth-order valence-electron chi connectivity index (χ4n) is 3.07. The van der Waals surface area contributed by atoms with Crippen LogP contribution in [0.5, 0.6) is 0 Å². The van der Waals surface area contributed by atoms with E-state index in [9.17, 15) is 26.4 Å². The smallest absolute Gasteiger partial charge is 0.324 e. The molecule has 0 spiro atoms. The second-order valence-corrected chi connectivity index (χ2v) is 10.2. The Morgan fingerprint density at radius 3 is 2.18 bits per heavy atom. The van der Waals surface area contributed by atoms with Crippen LogP contribution in [-0.2, 0) is 27.5 Å². The molecule has 174 valence electrons. The summed E-state index contributed by atoms with van der Waals surface area (Å²) in [4.78, 5) is 12.7. The zero-order valence-corrected chi connectivity index (χ0v) is 19.8. The molecule has 0 radical (unpaired) electrons. The van der Waals surface area contributed by atoms with Crippen molar-refractivity contribution in [2.24, 2.45) is 0 Å². The molecule has 3 rings (SSSR count). The summed E-state index contributed by atoms with van der Waals surface area (Å²) in [5, 5.41) is 2.20. The van der Waals surface area contributed by atoms with Crippen LogP contribution in [0.25, 0.3) is 0 Å². The molecule has 0 saturated carbocycles. The van der Waals surface area contributed by atoms with Gasteiger partial charge in [-0.1, -0.05) is 57.9 Å². The maximum Gasteiger partial charge on any atom is 0.418 e. The van der Waals surface area contributed by atoms with Gasteiger partial charge >= 0.3 is 6.18 Å². The molecular weight excluding hydrogens is 521 g/mol. The predicted octanol–water partition coefficient (Wildman–Crippen LogP) is 5.61. The number of aryl methyl sites for hydroxylation is 1. The first-order valence-corrected chi connectivity index (χ1v) is 12.0. The van der Waals surface area contributed by atoms with Gasteiger partial charge in [-0.05, 0) is 48.9 Å². The summed E-state index contributed by atoms with van der Waals surface area (Å²) in [7, 11) is -4.11. The highest BCUT2D eigenvalue weighted by atomic mass is 79.9. The minimum absolute atomic E-state index is 0.0197. The quantitative estimate of drug-likeness (QED) is 0.423. The number of benzene rings is 3. The van der Waals surface area contributed by atoms with Crippen molar-refractivity contribution in [3.8, 4) is 0 Å². The second kappa shape index (κ2) is 10.1. The SMILES string of the molecule is Cc1ccc(S(=O)(=O)N(CC(=O)Nc2ccccc2C(F)(F)F)Cc2ccc(Br)cc2)cc1. The Balaban J connectivity index is 1.90. The Kier molecular flexibility index (Phi) is 7.61. The van der Waals surface area contributed by atoms with Gasteiger partial charge in [0.05, 0.1) is 22.7 Å². The van der Waals surface area contributed by atoms with Gasteiger partial charge in [0.1, 0.15) is 0 Å². The van der Waals surface area contributed by atoms with Crippen LogP contribution in [0.15, 0.2) is 82.2 Å². The lowest BCUT2D eigenvalue weighted by Crippen LogP contribution is -2.37. The Morgan fingerprint density at radius 1 is 0.970 bits per heavy atom. The van der Waals surface area contributed by atoms with Crippen LogP contribution in [0.1, 0.15) is 16.7 Å². The minimum Gasteiger partial charge on any atom is -0.324 e. The summed E-state index contributed by atoms with van der Waals surface area (Å²) in [6, 6.07) is 17.5. The number of hydrogen-bond donors (Lipinski definition) is 1. The number of halogens is 4. The van der Waals surface area contributed by atoms with Crippen molar-refractivity contribution in [3.63, 3.8) is 0 Å². The number of alkyl halides is 3. The average Bonchev–Trinajstić information content (AvgIpc) is 2.74. The van der Waals surface area contributed by atoms with Crippen molar-refractivity contribution in [2.45, 2.75) is 24.5 Å². The van der Waals surface area contributed by atoms with Crippen LogP contribution in [0.2, 0.25) is 0 Å². The largest absolute Gasteiger partial charge is 0.418 e. The lowest BCUT2D eigenvalue weighted by atomic mass is 10.1. The standard InChI is InChI=1S/C23H20BrF3N2O3S/c1-16-6-12-19(13-7-16)33(31,32)29(14-17-8-10-18(24)11-9-17)15-22(30)28-21-5-3-2-4-20(21)23(25,26)27/h2-13H,14-15H2,1H3,(H,28,30). The first kappa shape index (κ1) is 24.9. The van der Waals surface area contributed by atoms with Gasteiger partial charge in [0.15, 0.2) is 0 Å². The molecule has 0 atom stereocenters. The van der Waals surface area contributed by atoms with Crippen molar-refractivity contribution in [2.75, 3.05) is 11.9 Å². The van der Waals surface area contributed by atoms with E-state index in [4.69, 9.17) is 0 Å². The number of anilines is 1. The fraction of sp³-hybridized carbons (Fsp3) is 0.174. The monoisotopic (exact) mass is 540 g/mol. The number of hydrogen-bond acceptors (Lipinski definition) is 3. The van der Waals surface area contributed by atoms with E-state index in [0.717, 1.165) is 26.5 Å². The van der Waals surface area contributed by atoms with E-state index < -0.39 is 39.9 Å². The number of nitrogens with one attached hydrogen (secondary N) is 1. The molecular formula is C23H20BrF3N2O3S. The molecule has 1 N–H and O–H groups in total. The van der Waals surface area contributed by atoms with Crippen molar-refractivity contribution < 1.29 is 26.4 Å². The number of para-hydroxylation sites is 1. The molecule has 0 fully saturated rings. The molecule has 0 saturated heterocycles. The van der Waals surface area contributed by atoms with Crippen LogP contribution in [0.4, 0.5) is 18.9 Å². The van der Waals surface area contributed by atoms with E-state index in [0.29, 0.717) is 5.56 Å². The van der Waals surface area contributed by atoms with E-state index in [-0.39, 0.29) is 11.4 Å². The van der Waals surface area contributed by atoms with Crippen LogP contribution in [0.3, 0.4) is 0 Å². The van der Waals surface area contributed by atoms with E-state index in [1.807, 2.05) is 6.92 Å². The van der Waals surface area contributed by atoms with Crippen molar-refractivity contribution in [1.82, 2.24) is 4.31 Å². The van der Waals surface area contributed by atoms with Crippen LogP contribution < -0.4 is 5.32 Å². The normalized spacial score (nSPS) is 12.1. The number of sulfonamides is 1. The molecule has 10 heteroatoms. The highest BCUT2D eigenvalue weighted by Gasteiger charge is 2.34. The molecule has 1 amide bonds. The Bertz CT molecular complexity index is 1230. The van der Waals surface area contributed by atoms with Crippen LogP contribution in [-0.4, -0.2) is 25.2 Å². The van der Waals surface area contributed by atoms with Crippen molar-refractivity contribution in [1.29, 1.82) is 0 Å².